The smallest absolute Gasteiger partial charge is 0.0941 e. The molecule has 3 heteroatoms. The molecule has 0 bridgehead atoms. The van der Waals surface area contributed by atoms with Crippen LogP contribution in [0.25, 0.3) is 0 Å². The van der Waals surface area contributed by atoms with Gasteiger partial charge in [-0.2, -0.15) is 0 Å². The summed E-state index contributed by atoms with van der Waals surface area (Å²) < 4.78 is 0. The van der Waals surface area contributed by atoms with Crippen molar-refractivity contribution in [2.75, 3.05) is 0 Å². The van der Waals surface area contributed by atoms with Crippen LogP contribution in [0.5, 0.6) is 0 Å². The van der Waals surface area contributed by atoms with Crippen LogP contribution in [-0.4, -0.2) is 11.1 Å². The fourth-order valence-electron chi connectivity index (χ4n) is 1.16. The van der Waals surface area contributed by atoms with Crippen LogP contribution < -0.4 is 5.73 Å². The summed E-state index contributed by atoms with van der Waals surface area (Å²) in [6.45, 7) is 1.94. The molecule has 2 nitrogen and oxygen atoms in total. The van der Waals surface area contributed by atoms with Crippen LogP contribution in [0.3, 0.4) is 0 Å². The minimum Gasteiger partial charge on any atom is -0.387 e. The Morgan fingerprint density at radius 2 is 2.23 bits per heavy atom. The molecule has 0 spiro atoms. The molecule has 1 aromatic rings. The van der Waals surface area contributed by atoms with Crippen molar-refractivity contribution in [2.45, 2.75) is 25.5 Å². The maximum atomic E-state index is 9.73. The predicted molar refractivity (Wildman–Crippen MR) is 54.7 cm³/mol. The molecule has 0 fully saturated rings. The largest absolute Gasteiger partial charge is 0.387 e. The fourth-order valence-corrected chi connectivity index (χ4v) is 1.36. The Labute approximate surface area is 83.3 Å². The highest BCUT2D eigenvalue weighted by molar-refractivity contribution is 6.30. The van der Waals surface area contributed by atoms with E-state index in [4.69, 9.17) is 17.3 Å². The second kappa shape index (κ2) is 4.61. The first-order valence-corrected chi connectivity index (χ1v) is 4.72. The SMILES string of the molecule is CCC(N)C(O)c1cccc(Cl)c1. The van der Waals surface area contributed by atoms with Gasteiger partial charge in [0.25, 0.3) is 0 Å². The van der Waals surface area contributed by atoms with Gasteiger partial charge in [0.15, 0.2) is 0 Å². The summed E-state index contributed by atoms with van der Waals surface area (Å²) in [7, 11) is 0. The molecule has 3 N–H and O–H groups in total. The molecule has 0 aliphatic carbocycles. The van der Waals surface area contributed by atoms with Crippen LogP contribution in [0.2, 0.25) is 5.02 Å². The van der Waals surface area contributed by atoms with E-state index in [0.29, 0.717) is 5.02 Å². The van der Waals surface area contributed by atoms with Gasteiger partial charge in [0.2, 0.25) is 0 Å². The van der Waals surface area contributed by atoms with Gasteiger partial charge >= 0.3 is 0 Å². The standard InChI is InChI=1S/C10H14ClNO/c1-2-9(12)10(13)7-4-3-5-8(11)6-7/h3-6,9-10,13H,2,12H2,1H3. The lowest BCUT2D eigenvalue weighted by atomic mass is 10.0. The van der Waals surface area contributed by atoms with Crippen molar-refractivity contribution in [3.8, 4) is 0 Å². The summed E-state index contributed by atoms with van der Waals surface area (Å²) >= 11 is 5.78. The number of hydrogen-bond donors (Lipinski definition) is 2. The Kier molecular flexibility index (Phi) is 3.72. The molecule has 0 aliphatic heterocycles. The van der Waals surface area contributed by atoms with Crippen molar-refractivity contribution in [2.24, 2.45) is 5.73 Å². The Bertz CT molecular complexity index is 277. The average molecular weight is 200 g/mol. The third-order valence-corrected chi connectivity index (χ3v) is 2.30. The summed E-state index contributed by atoms with van der Waals surface area (Å²) in [6.07, 6.45) is 0.122. The molecule has 0 saturated heterocycles. The molecular weight excluding hydrogens is 186 g/mol. The molecule has 0 aliphatic rings. The monoisotopic (exact) mass is 199 g/mol. The number of aliphatic hydroxyl groups excluding tert-OH is 1. The molecule has 0 amide bonds. The Morgan fingerprint density at radius 1 is 1.54 bits per heavy atom. The molecule has 13 heavy (non-hydrogen) atoms. The minimum atomic E-state index is -0.622. The summed E-state index contributed by atoms with van der Waals surface area (Å²) in [5.74, 6) is 0. The predicted octanol–water partition coefficient (Wildman–Crippen LogP) is 2.11. The number of benzene rings is 1. The molecule has 0 saturated carbocycles. The van der Waals surface area contributed by atoms with Gasteiger partial charge < -0.3 is 10.8 Å². The van der Waals surface area contributed by atoms with E-state index in [0.717, 1.165) is 12.0 Å². The lowest BCUT2D eigenvalue weighted by Gasteiger charge is -2.17. The lowest BCUT2D eigenvalue weighted by molar-refractivity contribution is 0.144. The third-order valence-electron chi connectivity index (χ3n) is 2.07. The quantitative estimate of drug-likeness (QED) is 0.784. The van der Waals surface area contributed by atoms with Crippen LogP contribution in [0.15, 0.2) is 24.3 Å². The number of hydrogen-bond acceptors (Lipinski definition) is 2. The molecular formula is C10H14ClNO. The highest BCUT2D eigenvalue weighted by Crippen LogP contribution is 2.20. The number of halogens is 1. The zero-order chi connectivity index (χ0) is 9.84. The van der Waals surface area contributed by atoms with E-state index in [1.54, 1.807) is 12.1 Å². The van der Waals surface area contributed by atoms with E-state index in [-0.39, 0.29) is 6.04 Å². The number of nitrogens with two attached hydrogens (primary N) is 1. The summed E-state index contributed by atoms with van der Waals surface area (Å²) in [6, 6.07) is 6.92. The van der Waals surface area contributed by atoms with Crippen molar-refractivity contribution in [1.29, 1.82) is 0 Å². The third kappa shape index (κ3) is 2.69. The topological polar surface area (TPSA) is 46.2 Å². The number of rotatable bonds is 3. The molecule has 0 heterocycles. The van der Waals surface area contributed by atoms with Crippen LogP contribution in [0, 0.1) is 0 Å². The Morgan fingerprint density at radius 3 is 2.77 bits per heavy atom. The summed E-state index contributed by atoms with van der Waals surface area (Å²) in [4.78, 5) is 0. The van der Waals surface area contributed by atoms with E-state index in [1.807, 2.05) is 19.1 Å². The molecule has 1 rings (SSSR count). The van der Waals surface area contributed by atoms with Crippen LogP contribution in [-0.2, 0) is 0 Å². The van der Waals surface area contributed by atoms with E-state index >= 15 is 0 Å². The van der Waals surface area contributed by atoms with E-state index in [1.165, 1.54) is 0 Å². The molecule has 2 atom stereocenters. The van der Waals surface area contributed by atoms with Crippen molar-refractivity contribution in [3.63, 3.8) is 0 Å². The summed E-state index contributed by atoms with van der Waals surface area (Å²) in [5, 5.41) is 10.4. The van der Waals surface area contributed by atoms with Gasteiger partial charge in [0.1, 0.15) is 0 Å². The maximum Gasteiger partial charge on any atom is 0.0941 e. The average Bonchev–Trinajstić information content (AvgIpc) is 2.15. The Balaban J connectivity index is 2.82. The van der Waals surface area contributed by atoms with Gasteiger partial charge in [0, 0.05) is 11.1 Å². The molecule has 1 aromatic carbocycles. The van der Waals surface area contributed by atoms with Gasteiger partial charge in [0.05, 0.1) is 6.10 Å². The normalized spacial score (nSPS) is 15.4. The second-order valence-corrected chi connectivity index (χ2v) is 3.51. The first-order chi connectivity index (χ1) is 6.15. The van der Waals surface area contributed by atoms with E-state index in [2.05, 4.69) is 0 Å². The maximum absolute atomic E-state index is 9.73. The highest BCUT2D eigenvalue weighted by Gasteiger charge is 2.14. The van der Waals surface area contributed by atoms with Crippen LogP contribution in [0.4, 0.5) is 0 Å². The fraction of sp³-hybridized carbons (Fsp3) is 0.400. The van der Waals surface area contributed by atoms with Crippen LogP contribution >= 0.6 is 11.6 Å². The second-order valence-electron chi connectivity index (χ2n) is 3.07. The van der Waals surface area contributed by atoms with E-state index in [9.17, 15) is 5.11 Å². The van der Waals surface area contributed by atoms with E-state index < -0.39 is 6.10 Å². The zero-order valence-corrected chi connectivity index (χ0v) is 8.33. The summed E-state index contributed by atoms with van der Waals surface area (Å²) in [5.41, 5.74) is 6.48. The molecule has 72 valence electrons. The zero-order valence-electron chi connectivity index (χ0n) is 7.57. The Hall–Kier alpha value is -0.570. The van der Waals surface area contributed by atoms with Gasteiger partial charge in [-0.05, 0) is 24.1 Å². The molecule has 0 aromatic heterocycles. The molecule has 2 unspecified atom stereocenters. The molecule has 0 radical (unpaired) electrons. The van der Waals surface area contributed by atoms with Gasteiger partial charge in [-0.15, -0.1) is 0 Å². The first-order valence-electron chi connectivity index (χ1n) is 4.34. The number of aliphatic hydroxyl groups is 1. The van der Waals surface area contributed by atoms with Crippen molar-refractivity contribution in [1.82, 2.24) is 0 Å². The van der Waals surface area contributed by atoms with Crippen molar-refractivity contribution >= 4 is 11.6 Å². The minimum absolute atomic E-state index is 0.224. The first kappa shape index (κ1) is 10.5. The highest BCUT2D eigenvalue weighted by atomic mass is 35.5. The van der Waals surface area contributed by atoms with Gasteiger partial charge in [-0.25, -0.2) is 0 Å². The van der Waals surface area contributed by atoms with Crippen LogP contribution in [0.1, 0.15) is 25.0 Å². The van der Waals surface area contributed by atoms with Gasteiger partial charge in [-0.1, -0.05) is 30.7 Å². The van der Waals surface area contributed by atoms with Crippen molar-refractivity contribution in [3.05, 3.63) is 34.9 Å². The van der Waals surface area contributed by atoms with Crippen molar-refractivity contribution < 1.29 is 5.11 Å². The van der Waals surface area contributed by atoms with Gasteiger partial charge in [-0.3, -0.25) is 0 Å². The lowest BCUT2D eigenvalue weighted by Crippen LogP contribution is -2.27.